The van der Waals surface area contributed by atoms with Gasteiger partial charge in [-0.3, -0.25) is 18.6 Å². The van der Waals surface area contributed by atoms with E-state index in [1.165, 1.54) is 44.9 Å². The first-order valence-corrected chi connectivity index (χ1v) is 23.3. The van der Waals surface area contributed by atoms with Gasteiger partial charge >= 0.3 is 19.8 Å². The molecule has 0 aromatic rings. The van der Waals surface area contributed by atoms with Crippen LogP contribution in [-0.4, -0.2) is 61.5 Å². The van der Waals surface area contributed by atoms with Crippen LogP contribution in [0.3, 0.4) is 0 Å². The quantitative estimate of drug-likeness (QED) is 0.0203. The number of rotatable bonds is 38. The molecule has 3 unspecified atom stereocenters. The van der Waals surface area contributed by atoms with Crippen molar-refractivity contribution in [3.63, 3.8) is 0 Å². The number of nitrogens with two attached hydrogens (primary N) is 1. The van der Waals surface area contributed by atoms with Crippen LogP contribution in [-0.2, 0) is 37.4 Å². The van der Waals surface area contributed by atoms with Gasteiger partial charge in [0.25, 0.3) is 0 Å². The second kappa shape index (κ2) is 38.1. The Kier molecular flexibility index (Phi) is 34.8. The zero-order valence-electron chi connectivity index (χ0n) is 35.7. The van der Waals surface area contributed by atoms with Gasteiger partial charge in [0, 0.05) is 19.4 Å². The number of allylic oxidation sites excluding steroid dienone is 14. The van der Waals surface area contributed by atoms with Gasteiger partial charge in [0.2, 0.25) is 0 Å². The van der Waals surface area contributed by atoms with Gasteiger partial charge in [-0.25, -0.2) is 4.57 Å². The van der Waals surface area contributed by atoms with Crippen molar-refractivity contribution in [2.75, 3.05) is 26.4 Å². The van der Waals surface area contributed by atoms with Crippen molar-refractivity contribution in [3.05, 3.63) is 97.2 Å². The van der Waals surface area contributed by atoms with Crippen LogP contribution in [0.5, 0.6) is 0 Å². The van der Waals surface area contributed by atoms with E-state index in [-0.39, 0.29) is 44.8 Å². The lowest BCUT2D eigenvalue weighted by molar-refractivity contribution is -0.161. The van der Waals surface area contributed by atoms with E-state index in [0.717, 1.165) is 51.4 Å². The van der Waals surface area contributed by atoms with Gasteiger partial charge in [0.05, 0.1) is 25.4 Å². The number of ether oxygens (including phenoxy) is 3. The predicted molar refractivity (Wildman–Crippen MR) is 237 cm³/mol. The molecule has 0 amide bonds. The second-order valence-corrected chi connectivity index (χ2v) is 15.7. The summed E-state index contributed by atoms with van der Waals surface area (Å²) in [6.45, 7) is 3.48. The fraction of sp³-hybridized carbons (Fsp3) is 0.617. The van der Waals surface area contributed by atoms with Crippen molar-refractivity contribution in [3.8, 4) is 0 Å². The molecule has 10 nitrogen and oxygen atoms in total. The first kappa shape index (κ1) is 52.9. The molecule has 0 aromatic heterocycles. The normalized spacial score (nSPS) is 17.7. The summed E-state index contributed by atoms with van der Waals surface area (Å²) in [7, 11) is -4.42. The van der Waals surface area contributed by atoms with Gasteiger partial charge in [0.1, 0.15) is 6.61 Å². The molecule has 0 spiro atoms. The van der Waals surface area contributed by atoms with Gasteiger partial charge in [-0.05, 0) is 89.9 Å². The highest BCUT2D eigenvalue weighted by Gasteiger charge is 2.36. The van der Waals surface area contributed by atoms with Crippen LogP contribution in [0.2, 0.25) is 0 Å². The van der Waals surface area contributed by atoms with Gasteiger partial charge < -0.3 is 24.8 Å². The largest absolute Gasteiger partial charge is 0.472 e. The molecule has 0 radical (unpaired) electrons. The van der Waals surface area contributed by atoms with Gasteiger partial charge in [0.15, 0.2) is 6.10 Å². The first-order chi connectivity index (χ1) is 28.3. The molecule has 1 fully saturated rings. The number of carbonyl (C=O) groups is 2. The molecule has 0 aliphatic carbocycles. The Morgan fingerprint density at radius 3 is 1.60 bits per heavy atom. The van der Waals surface area contributed by atoms with E-state index < -0.39 is 32.5 Å². The van der Waals surface area contributed by atoms with Crippen LogP contribution in [0.1, 0.15) is 142 Å². The third kappa shape index (κ3) is 34.9. The average molecular weight is 830 g/mol. The SMILES string of the molecule is CCCCC/C=C\C/C=C\C/C=C\C/C=C\C/C=C\CCC(=O)OC[C@H](COP(=O)(O)OCCN)OC(=O)CCC/C=C\CC1OC1C/C=C\C/C=C\CCCCC. The van der Waals surface area contributed by atoms with Crippen LogP contribution in [0, 0.1) is 0 Å². The standard InChI is InChI=1S/C47H76NO9P/c1-3-5-7-9-11-13-14-15-16-17-18-19-20-21-22-24-26-28-33-37-46(49)53-41-43(42-55-58(51,52)54-40-39-48)56-47(50)38-34-30-29-32-36-45-44(57-45)35-31-27-25-23-12-10-8-6-4-2/h11-13,15-16,18-19,21-23,26-29,31-32,43-45H,3-10,14,17,20,24-25,30,33-42,48H2,1-2H3,(H,51,52)/b13-11-,16-15-,19-18-,22-21-,23-12-,28-26-,31-27-,32-29-/t43-,44?,45?/m1/s1. The number of phosphoric ester groups is 1. The molecule has 1 aliphatic rings. The molecule has 0 aromatic carbocycles. The molecule has 3 N–H and O–H groups in total. The summed E-state index contributed by atoms with van der Waals surface area (Å²) >= 11 is 0. The fourth-order valence-corrected chi connectivity index (χ4v) is 6.24. The number of hydrogen-bond acceptors (Lipinski definition) is 9. The zero-order chi connectivity index (χ0) is 42.2. The van der Waals surface area contributed by atoms with E-state index >= 15 is 0 Å². The number of unbranched alkanes of at least 4 members (excludes halogenated alkanes) is 7. The van der Waals surface area contributed by atoms with Crippen LogP contribution in [0.15, 0.2) is 97.2 Å². The summed E-state index contributed by atoms with van der Waals surface area (Å²) < 4.78 is 38.4. The Labute approximate surface area is 351 Å². The van der Waals surface area contributed by atoms with Crippen LogP contribution in [0.25, 0.3) is 0 Å². The summed E-state index contributed by atoms with van der Waals surface area (Å²) in [5.41, 5.74) is 5.34. The topological polar surface area (TPSA) is 147 Å². The third-order valence-electron chi connectivity index (χ3n) is 8.86. The molecule has 58 heavy (non-hydrogen) atoms. The predicted octanol–water partition coefficient (Wildman–Crippen LogP) is 11.6. The molecule has 1 rings (SSSR count). The molecule has 0 bridgehead atoms. The minimum atomic E-state index is -4.42. The fourth-order valence-electron chi connectivity index (χ4n) is 5.47. The number of epoxide rings is 1. The molecule has 11 heteroatoms. The summed E-state index contributed by atoms with van der Waals surface area (Å²) in [5, 5.41) is 0. The van der Waals surface area contributed by atoms with Crippen molar-refractivity contribution in [2.45, 2.75) is 161 Å². The van der Waals surface area contributed by atoms with E-state index in [1.807, 2.05) is 18.2 Å². The molecular formula is C47H76NO9P. The van der Waals surface area contributed by atoms with Gasteiger partial charge in [-0.15, -0.1) is 0 Å². The van der Waals surface area contributed by atoms with E-state index in [4.69, 9.17) is 29.0 Å². The Morgan fingerprint density at radius 1 is 0.603 bits per heavy atom. The van der Waals surface area contributed by atoms with E-state index in [0.29, 0.717) is 19.3 Å². The second-order valence-electron chi connectivity index (χ2n) is 14.2. The Hall–Kier alpha value is -3.11. The highest BCUT2D eigenvalue weighted by atomic mass is 31.2. The van der Waals surface area contributed by atoms with E-state index in [1.54, 1.807) is 0 Å². The van der Waals surface area contributed by atoms with Crippen molar-refractivity contribution in [2.24, 2.45) is 5.73 Å². The molecule has 328 valence electrons. The Balaban J connectivity index is 2.30. The maximum atomic E-state index is 12.6. The minimum Gasteiger partial charge on any atom is -0.462 e. The monoisotopic (exact) mass is 830 g/mol. The highest BCUT2D eigenvalue weighted by molar-refractivity contribution is 7.47. The maximum absolute atomic E-state index is 12.6. The molecule has 1 saturated heterocycles. The lowest BCUT2D eigenvalue weighted by Gasteiger charge is -2.19. The first-order valence-electron chi connectivity index (χ1n) is 21.8. The summed E-state index contributed by atoms with van der Waals surface area (Å²) in [5.74, 6) is -1.01. The maximum Gasteiger partial charge on any atom is 0.472 e. The lowest BCUT2D eigenvalue weighted by Crippen LogP contribution is -2.29. The van der Waals surface area contributed by atoms with Crippen molar-refractivity contribution in [1.82, 2.24) is 0 Å². The molecular weight excluding hydrogens is 753 g/mol. The average Bonchev–Trinajstić information content (AvgIpc) is 3.97. The lowest BCUT2D eigenvalue weighted by atomic mass is 10.1. The van der Waals surface area contributed by atoms with Crippen molar-refractivity contribution >= 4 is 19.8 Å². The summed E-state index contributed by atoms with van der Waals surface area (Å²) in [6.07, 6.45) is 51.9. The molecule has 4 atom stereocenters. The molecule has 0 saturated carbocycles. The minimum absolute atomic E-state index is 0.0271. The number of esters is 2. The highest BCUT2D eigenvalue weighted by Crippen LogP contribution is 2.43. The number of hydrogen-bond donors (Lipinski definition) is 2. The Bertz CT molecular complexity index is 1330. The van der Waals surface area contributed by atoms with Gasteiger partial charge in [-0.1, -0.05) is 137 Å². The third-order valence-corrected chi connectivity index (χ3v) is 9.84. The van der Waals surface area contributed by atoms with E-state index in [9.17, 15) is 19.0 Å². The summed E-state index contributed by atoms with van der Waals surface area (Å²) in [6, 6.07) is 0. The number of phosphoric acid groups is 1. The smallest absolute Gasteiger partial charge is 0.462 e. The van der Waals surface area contributed by atoms with Gasteiger partial charge in [-0.2, -0.15) is 0 Å². The zero-order valence-corrected chi connectivity index (χ0v) is 36.6. The van der Waals surface area contributed by atoms with Crippen LogP contribution >= 0.6 is 7.82 Å². The Morgan fingerprint density at radius 2 is 1.07 bits per heavy atom. The molecule has 1 aliphatic heterocycles. The summed E-state index contributed by atoms with van der Waals surface area (Å²) in [4.78, 5) is 34.9. The number of carbonyl (C=O) groups excluding carboxylic acids is 2. The van der Waals surface area contributed by atoms with Crippen molar-refractivity contribution in [1.29, 1.82) is 0 Å². The van der Waals surface area contributed by atoms with Crippen LogP contribution < -0.4 is 5.73 Å². The van der Waals surface area contributed by atoms with Crippen molar-refractivity contribution < 1.29 is 42.3 Å². The molecule has 1 heterocycles. The van der Waals surface area contributed by atoms with E-state index in [2.05, 4.69) is 92.8 Å². The van der Waals surface area contributed by atoms with Crippen LogP contribution in [0.4, 0.5) is 0 Å².